The molecule has 0 saturated carbocycles. The summed E-state index contributed by atoms with van der Waals surface area (Å²) in [5, 5.41) is 3.74. The zero-order chi connectivity index (χ0) is 14.5. The van der Waals surface area contributed by atoms with Crippen LogP contribution in [0.5, 0.6) is 0 Å². The lowest BCUT2D eigenvalue weighted by atomic mass is 9.79. The quantitative estimate of drug-likeness (QED) is 0.899. The van der Waals surface area contributed by atoms with Gasteiger partial charge in [0, 0.05) is 18.4 Å². The maximum absolute atomic E-state index is 6.19. The number of likely N-dealkylation sites (N-methyl/N-ethyl adjacent to an activating group) is 1. The first-order valence-electron chi connectivity index (χ1n) is 8.30. The van der Waals surface area contributed by atoms with Crippen molar-refractivity contribution in [2.75, 3.05) is 24.7 Å². The van der Waals surface area contributed by atoms with Crippen LogP contribution in [-0.4, -0.2) is 36.3 Å². The van der Waals surface area contributed by atoms with E-state index in [1.54, 1.807) is 0 Å². The van der Waals surface area contributed by atoms with E-state index < -0.39 is 0 Å². The Morgan fingerprint density at radius 2 is 2.24 bits per heavy atom. The Labute approximate surface area is 133 Å². The van der Waals surface area contributed by atoms with Gasteiger partial charge in [-0.1, -0.05) is 37.3 Å². The maximum Gasteiger partial charge on any atom is 0.0783 e. The van der Waals surface area contributed by atoms with Crippen LogP contribution < -0.4 is 5.32 Å². The highest BCUT2D eigenvalue weighted by atomic mass is 32.2. The first-order chi connectivity index (χ1) is 10.3. The molecule has 3 unspecified atom stereocenters. The first kappa shape index (κ1) is 15.4. The number of hydrogen-bond acceptors (Lipinski definition) is 3. The van der Waals surface area contributed by atoms with Gasteiger partial charge in [0.05, 0.1) is 5.60 Å². The summed E-state index contributed by atoms with van der Waals surface area (Å²) in [6.45, 7) is 4.22. The molecule has 0 radical (unpaired) electrons. The molecule has 21 heavy (non-hydrogen) atoms. The summed E-state index contributed by atoms with van der Waals surface area (Å²) in [6.07, 6.45) is 4.84. The third kappa shape index (κ3) is 3.82. The van der Waals surface area contributed by atoms with Crippen LogP contribution in [0.15, 0.2) is 30.3 Å². The topological polar surface area (TPSA) is 21.3 Å². The van der Waals surface area contributed by atoms with E-state index in [1.165, 1.54) is 36.3 Å². The minimum atomic E-state index is 0.192. The van der Waals surface area contributed by atoms with Crippen molar-refractivity contribution in [3.8, 4) is 0 Å². The van der Waals surface area contributed by atoms with Crippen molar-refractivity contribution in [2.24, 2.45) is 5.92 Å². The van der Waals surface area contributed by atoms with Crippen LogP contribution >= 0.6 is 11.8 Å². The smallest absolute Gasteiger partial charge is 0.0783 e. The second-order valence-electron chi connectivity index (χ2n) is 6.44. The van der Waals surface area contributed by atoms with Crippen LogP contribution in [0.2, 0.25) is 0 Å². The van der Waals surface area contributed by atoms with Crippen LogP contribution in [0.3, 0.4) is 0 Å². The Balaban J connectivity index is 1.68. The number of hydrogen-bond donors (Lipinski definition) is 1. The summed E-state index contributed by atoms with van der Waals surface area (Å²) >= 11 is 2.07. The van der Waals surface area contributed by atoms with Gasteiger partial charge in [-0.15, -0.1) is 0 Å². The zero-order valence-corrected chi connectivity index (χ0v) is 13.8. The summed E-state index contributed by atoms with van der Waals surface area (Å²) in [5.41, 5.74) is 1.64. The zero-order valence-electron chi connectivity index (χ0n) is 13.0. The second kappa shape index (κ2) is 7.17. The number of benzene rings is 1. The predicted octanol–water partition coefficient (Wildman–Crippen LogP) is 3.51. The number of thioether (sulfide) groups is 1. The largest absolute Gasteiger partial charge is 0.374 e. The van der Waals surface area contributed by atoms with E-state index in [-0.39, 0.29) is 5.60 Å². The van der Waals surface area contributed by atoms with Crippen LogP contribution in [0.4, 0.5) is 0 Å². The van der Waals surface area contributed by atoms with E-state index >= 15 is 0 Å². The van der Waals surface area contributed by atoms with E-state index in [0.717, 1.165) is 25.5 Å². The molecule has 1 aromatic carbocycles. The van der Waals surface area contributed by atoms with Crippen molar-refractivity contribution >= 4 is 11.8 Å². The van der Waals surface area contributed by atoms with Crippen LogP contribution in [0.25, 0.3) is 0 Å². The van der Waals surface area contributed by atoms with E-state index in [2.05, 4.69) is 54.3 Å². The first-order valence-corrected chi connectivity index (χ1v) is 9.46. The Hall–Kier alpha value is -0.510. The third-order valence-electron chi connectivity index (χ3n) is 4.93. The minimum absolute atomic E-state index is 0.192. The molecular formula is C18H27NOS. The maximum atomic E-state index is 6.19. The van der Waals surface area contributed by atoms with Crippen LogP contribution in [-0.2, 0) is 11.2 Å². The van der Waals surface area contributed by atoms with Gasteiger partial charge < -0.3 is 10.1 Å². The van der Waals surface area contributed by atoms with Gasteiger partial charge in [0.2, 0.25) is 0 Å². The lowest BCUT2D eigenvalue weighted by Gasteiger charge is -2.41. The number of ether oxygens (including phenoxy) is 1. The monoisotopic (exact) mass is 305 g/mol. The fraction of sp³-hybridized carbons (Fsp3) is 0.667. The summed E-state index contributed by atoms with van der Waals surface area (Å²) in [7, 11) is 0. The molecule has 0 bridgehead atoms. The van der Waals surface area contributed by atoms with E-state index in [0.29, 0.717) is 6.04 Å². The van der Waals surface area contributed by atoms with Crippen molar-refractivity contribution in [1.29, 1.82) is 0 Å². The van der Waals surface area contributed by atoms with Crippen molar-refractivity contribution in [2.45, 2.75) is 44.2 Å². The van der Waals surface area contributed by atoms with Gasteiger partial charge in [-0.25, -0.2) is 0 Å². The molecule has 116 valence electrons. The van der Waals surface area contributed by atoms with Crippen LogP contribution in [0.1, 0.15) is 31.7 Å². The Morgan fingerprint density at radius 3 is 2.95 bits per heavy atom. The van der Waals surface area contributed by atoms with Gasteiger partial charge in [-0.2, -0.15) is 11.8 Å². The Bertz CT molecular complexity index is 430. The molecule has 2 heterocycles. The predicted molar refractivity (Wildman–Crippen MR) is 91.0 cm³/mol. The highest BCUT2D eigenvalue weighted by Gasteiger charge is 2.42. The fourth-order valence-corrected chi connectivity index (χ4v) is 5.19. The molecule has 1 aromatic rings. The standard InChI is InChI=1S/C18H27NOS/c1-2-19-17(12-15-6-4-3-5-7-15)16-8-10-20-18(13-16)9-11-21-14-18/h3-7,16-17,19H,2,8-14H2,1H3. The molecule has 0 aromatic heterocycles. The van der Waals surface area contributed by atoms with E-state index in [9.17, 15) is 0 Å². The normalized spacial score (nSPS) is 30.6. The molecule has 2 fully saturated rings. The van der Waals surface area contributed by atoms with Crippen molar-refractivity contribution in [3.05, 3.63) is 35.9 Å². The van der Waals surface area contributed by atoms with E-state index in [4.69, 9.17) is 4.74 Å². The highest BCUT2D eigenvalue weighted by Crippen LogP contribution is 2.41. The molecule has 2 saturated heterocycles. The molecule has 1 spiro atoms. The number of rotatable bonds is 5. The van der Waals surface area contributed by atoms with Gasteiger partial charge in [0.15, 0.2) is 0 Å². The lowest BCUT2D eigenvalue weighted by molar-refractivity contribution is -0.0850. The average molecular weight is 305 g/mol. The van der Waals surface area contributed by atoms with Crippen LogP contribution in [0, 0.1) is 5.92 Å². The minimum Gasteiger partial charge on any atom is -0.374 e. The molecule has 3 atom stereocenters. The third-order valence-corrected chi connectivity index (χ3v) is 6.16. The summed E-state index contributed by atoms with van der Waals surface area (Å²) < 4.78 is 6.19. The number of nitrogens with one attached hydrogen (secondary N) is 1. The molecule has 3 rings (SSSR count). The Kier molecular flexibility index (Phi) is 5.25. The van der Waals surface area contributed by atoms with Gasteiger partial charge >= 0.3 is 0 Å². The van der Waals surface area contributed by atoms with E-state index in [1.807, 2.05) is 0 Å². The van der Waals surface area contributed by atoms with Gasteiger partial charge in [-0.3, -0.25) is 0 Å². The van der Waals surface area contributed by atoms with Gasteiger partial charge in [0.25, 0.3) is 0 Å². The molecule has 0 amide bonds. The fourth-order valence-electron chi connectivity index (χ4n) is 3.81. The van der Waals surface area contributed by atoms with Crippen molar-refractivity contribution < 1.29 is 4.74 Å². The van der Waals surface area contributed by atoms with Gasteiger partial charge in [-0.05, 0) is 49.5 Å². The Morgan fingerprint density at radius 1 is 1.38 bits per heavy atom. The molecule has 2 aliphatic rings. The molecule has 0 aliphatic carbocycles. The summed E-state index contributed by atoms with van der Waals surface area (Å²) in [4.78, 5) is 0. The second-order valence-corrected chi connectivity index (χ2v) is 7.55. The molecular weight excluding hydrogens is 278 g/mol. The van der Waals surface area contributed by atoms with Crippen molar-refractivity contribution in [1.82, 2.24) is 5.32 Å². The summed E-state index contributed by atoms with van der Waals surface area (Å²) in [5.74, 6) is 3.22. The molecule has 3 heteroatoms. The average Bonchev–Trinajstić information content (AvgIpc) is 2.96. The SMILES string of the molecule is CCNC(Cc1ccccc1)C1CCOC2(CCSC2)C1. The molecule has 2 aliphatic heterocycles. The van der Waals surface area contributed by atoms with Crippen molar-refractivity contribution in [3.63, 3.8) is 0 Å². The van der Waals surface area contributed by atoms with Gasteiger partial charge in [0.1, 0.15) is 0 Å². The summed E-state index contributed by atoms with van der Waals surface area (Å²) in [6, 6.07) is 11.5. The molecule has 2 nitrogen and oxygen atoms in total. The lowest BCUT2D eigenvalue weighted by Crippen LogP contribution is -2.47. The molecule has 1 N–H and O–H groups in total. The highest BCUT2D eigenvalue weighted by molar-refractivity contribution is 7.99.